The van der Waals surface area contributed by atoms with E-state index in [0.717, 1.165) is 42.4 Å². The zero-order valence-electron chi connectivity index (χ0n) is 20.7. The molecule has 5 fully saturated rings. The van der Waals surface area contributed by atoms with Crippen molar-refractivity contribution in [2.75, 3.05) is 0 Å². The van der Waals surface area contributed by atoms with E-state index in [0.29, 0.717) is 27.9 Å². The number of hydrogen-bond donors (Lipinski definition) is 0. The Morgan fingerprint density at radius 2 is 1.53 bits per heavy atom. The van der Waals surface area contributed by atoms with Gasteiger partial charge in [-0.25, -0.2) is 0 Å². The van der Waals surface area contributed by atoms with Crippen molar-refractivity contribution in [3.05, 3.63) is 12.2 Å². The highest BCUT2D eigenvalue weighted by Crippen LogP contribution is 2.75. The summed E-state index contributed by atoms with van der Waals surface area (Å²) in [6.07, 6.45) is 13.1. The average Bonchev–Trinajstić information content (AvgIpc) is 3.10. The summed E-state index contributed by atoms with van der Waals surface area (Å²) in [4.78, 5) is 12.9. The molecule has 5 aliphatic rings. The van der Waals surface area contributed by atoms with Crippen LogP contribution in [0.3, 0.4) is 0 Å². The van der Waals surface area contributed by atoms with E-state index in [1.807, 2.05) is 0 Å². The number of rotatable bonds is 1. The molecule has 0 saturated heterocycles. The Bertz CT molecular complexity index is 762. The summed E-state index contributed by atoms with van der Waals surface area (Å²) in [7, 11) is 0. The molecule has 0 radical (unpaired) electrons. The number of fused-ring (bicyclic) bond motifs is 7. The summed E-state index contributed by atoms with van der Waals surface area (Å²) in [5.74, 6) is 5.42. The molecule has 0 N–H and O–H groups in total. The Hall–Kier alpha value is -0.590. The largest absolute Gasteiger partial charge is 0.299 e. The summed E-state index contributed by atoms with van der Waals surface area (Å²) in [6.45, 7) is 19.3. The molecule has 9 atom stereocenters. The molecule has 0 amide bonds. The van der Waals surface area contributed by atoms with Crippen LogP contribution < -0.4 is 0 Å². The Labute approximate surface area is 185 Å². The Kier molecular flexibility index (Phi) is 4.59. The molecule has 1 heteroatoms. The van der Waals surface area contributed by atoms with Gasteiger partial charge in [0.1, 0.15) is 5.78 Å². The molecule has 168 valence electrons. The second-order valence-electron chi connectivity index (χ2n) is 13.7. The van der Waals surface area contributed by atoms with E-state index in [1.165, 1.54) is 56.9 Å². The predicted octanol–water partition coefficient (Wildman–Crippen LogP) is 7.84. The van der Waals surface area contributed by atoms with Crippen LogP contribution in [-0.4, -0.2) is 5.78 Å². The number of carbonyl (C=O) groups is 1. The highest BCUT2D eigenvalue weighted by molar-refractivity contribution is 5.85. The van der Waals surface area contributed by atoms with Crippen LogP contribution in [0.25, 0.3) is 0 Å². The number of carbonyl (C=O) groups excluding carboxylic acids is 1. The van der Waals surface area contributed by atoms with Crippen molar-refractivity contribution in [2.24, 2.45) is 57.2 Å². The lowest BCUT2D eigenvalue weighted by molar-refractivity contribution is -0.225. The van der Waals surface area contributed by atoms with Gasteiger partial charge >= 0.3 is 0 Å². The first-order valence-electron chi connectivity index (χ1n) is 13.2. The average molecular weight is 411 g/mol. The molecule has 30 heavy (non-hydrogen) atoms. The van der Waals surface area contributed by atoms with Crippen molar-refractivity contribution >= 4 is 5.78 Å². The van der Waals surface area contributed by atoms with Crippen molar-refractivity contribution in [2.45, 2.75) is 106 Å². The zero-order valence-corrected chi connectivity index (χ0v) is 20.7. The van der Waals surface area contributed by atoms with E-state index in [9.17, 15) is 4.79 Å². The van der Waals surface area contributed by atoms with E-state index < -0.39 is 0 Å². The standard InChI is InChI=1S/C29H46O/c1-18(2)20-9-8-19-12-16-28(6)21(25(19)20)10-11-23-27(5)15-14-24(30)26(3,4)22(27)13-17-29(23,28)7/h19-23,25H,1,8-17H2,2-7H3/t19-,20+,21-,22+,23-,25-,27+,28-,29-/m1/s1. The number of ketones is 1. The van der Waals surface area contributed by atoms with Crippen LogP contribution in [0.2, 0.25) is 0 Å². The fourth-order valence-corrected chi connectivity index (χ4v) is 11.0. The van der Waals surface area contributed by atoms with E-state index in [4.69, 9.17) is 0 Å². The van der Waals surface area contributed by atoms with Crippen LogP contribution in [0.4, 0.5) is 0 Å². The number of Topliss-reactive ketones (excluding diaryl/α,β-unsaturated/α-hetero) is 1. The smallest absolute Gasteiger partial charge is 0.138 e. The summed E-state index contributed by atoms with van der Waals surface area (Å²) < 4.78 is 0. The lowest BCUT2D eigenvalue weighted by Crippen LogP contribution is -2.65. The van der Waals surface area contributed by atoms with Gasteiger partial charge in [0.05, 0.1) is 0 Å². The van der Waals surface area contributed by atoms with Gasteiger partial charge in [-0.05, 0) is 116 Å². The third-order valence-electron chi connectivity index (χ3n) is 12.7. The first kappa shape index (κ1) is 21.3. The maximum Gasteiger partial charge on any atom is 0.138 e. The third kappa shape index (κ3) is 2.45. The van der Waals surface area contributed by atoms with Crippen LogP contribution in [0.15, 0.2) is 12.2 Å². The van der Waals surface area contributed by atoms with Gasteiger partial charge in [-0.1, -0.05) is 46.8 Å². The molecular weight excluding hydrogens is 364 g/mol. The highest BCUT2D eigenvalue weighted by atomic mass is 16.1. The van der Waals surface area contributed by atoms with E-state index in [-0.39, 0.29) is 5.41 Å². The minimum absolute atomic E-state index is 0.125. The summed E-state index contributed by atoms with van der Waals surface area (Å²) in [6, 6.07) is 0. The molecular formula is C29H46O. The molecule has 0 aromatic carbocycles. The SMILES string of the molecule is C=C(C)[C@@H]1CC[C@@H]2CC[C@]3(C)[C@H](CC[C@@H]4[C@@]5(C)CCC(=O)C(C)(C)[C@@H]5CC[C@]43C)[C@H]21. The van der Waals surface area contributed by atoms with Gasteiger partial charge in [-0.15, -0.1) is 0 Å². The van der Waals surface area contributed by atoms with Crippen LogP contribution >= 0.6 is 0 Å². The van der Waals surface area contributed by atoms with Crippen molar-refractivity contribution in [1.82, 2.24) is 0 Å². The third-order valence-corrected chi connectivity index (χ3v) is 12.7. The Morgan fingerprint density at radius 3 is 2.23 bits per heavy atom. The molecule has 5 saturated carbocycles. The molecule has 0 aliphatic heterocycles. The van der Waals surface area contributed by atoms with E-state index in [1.54, 1.807) is 0 Å². The second-order valence-corrected chi connectivity index (χ2v) is 13.7. The zero-order chi connectivity index (χ0) is 21.7. The van der Waals surface area contributed by atoms with Crippen LogP contribution in [0.5, 0.6) is 0 Å². The van der Waals surface area contributed by atoms with Gasteiger partial charge < -0.3 is 0 Å². The van der Waals surface area contributed by atoms with Gasteiger partial charge in [-0.3, -0.25) is 4.79 Å². The van der Waals surface area contributed by atoms with Gasteiger partial charge in [0, 0.05) is 11.8 Å². The Balaban J connectivity index is 1.53. The van der Waals surface area contributed by atoms with E-state index in [2.05, 4.69) is 48.1 Å². The van der Waals surface area contributed by atoms with E-state index >= 15 is 0 Å². The topological polar surface area (TPSA) is 17.1 Å². The van der Waals surface area contributed by atoms with Crippen LogP contribution in [0.1, 0.15) is 106 Å². The van der Waals surface area contributed by atoms with Crippen molar-refractivity contribution in [3.63, 3.8) is 0 Å². The first-order valence-corrected chi connectivity index (χ1v) is 13.2. The van der Waals surface area contributed by atoms with Crippen molar-refractivity contribution in [3.8, 4) is 0 Å². The summed E-state index contributed by atoms with van der Waals surface area (Å²) >= 11 is 0. The van der Waals surface area contributed by atoms with Gasteiger partial charge in [0.15, 0.2) is 0 Å². The molecule has 0 aromatic heterocycles. The second kappa shape index (κ2) is 6.48. The maximum atomic E-state index is 12.9. The molecule has 5 rings (SSSR count). The summed E-state index contributed by atoms with van der Waals surface area (Å²) in [5, 5.41) is 0. The normalized spacial score (nSPS) is 54.5. The first-order chi connectivity index (χ1) is 14.0. The quantitative estimate of drug-likeness (QED) is 0.402. The molecule has 1 nitrogen and oxygen atoms in total. The van der Waals surface area contributed by atoms with Crippen LogP contribution in [0, 0.1) is 57.2 Å². The summed E-state index contributed by atoms with van der Waals surface area (Å²) in [5.41, 5.74) is 2.58. The molecule has 5 aliphatic carbocycles. The lowest BCUT2D eigenvalue weighted by Gasteiger charge is -2.71. The minimum Gasteiger partial charge on any atom is -0.299 e. The maximum absolute atomic E-state index is 12.9. The molecule has 0 aromatic rings. The van der Waals surface area contributed by atoms with Crippen LogP contribution in [-0.2, 0) is 4.79 Å². The lowest BCUT2D eigenvalue weighted by atomic mass is 9.33. The molecule has 0 heterocycles. The Morgan fingerprint density at radius 1 is 0.833 bits per heavy atom. The number of allylic oxidation sites excluding steroid dienone is 1. The van der Waals surface area contributed by atoms with Gasteiger partial charge in [-0.2, -0.15) is 0 Å². The highest BCUT2D eigenvalue weighted by Gasteiger charge is 2.69. The van der Waals surface area contributed by atoms with Gasteiger partial charge in [0.25, 0.3) is 0 Å². The monoisotopic (exact) mass is 410 g/mol. The molecule has 0 unspecified atom stereocenters. The molecule has 0 spiro atoms. The fraction of sp³-hybridized carbons (Fsp3) is 0.897. The fourth-order valence-electron chi connectivity index (χ4n) is 11.0. The minimum atomic E-state index is -0.125. The molecule has 0 bridgehead atoms. The van der Waals surface area contributed by atoms with Crippen molar-refractivity contribution < 1.29 is 4.79 Å². The van der Waals surface area contributed by atoms with Gasteiger partial charge in [0.2, 0.25) is 0 Å². The number of hydrogen-bond acceptors (Lipinski definition) is 1. The predicted molar refractivity (Wildman–Crippen MR) is 125 cm³/mol. The van der Waals surface area contributed by atoms with Crippen molar-refractivity contribution in [1.29, 1.82) is 0 Å².